The van der Waals surface area contributed by atoms with Crippen LogP contribution in [0, 0.1) is 0 Å². The molecule has 126 valence electrons. The van der Waals surface area contributed by atoms with Crippen molar-refractivity contribution < 1.29 is 34.3 Å². The normalized spacial score (nSPS) is 33.7. The van der Waals surface area contributed by atoms with E-state index in [-0.39, 0.29) is 18.3 Å². The summed E-state index contributed by atoms with van der Waals surface area (Å²) < 4.78 is 16.3. The lowest BCUT2D eigenvalue weighted by molar-refractivity contribution is -0.229. The molecule has 2 aliphatic heterocycles. The minimum Gasteiger partial charge on any atom is -0.465 e. The zero-order chi connectivity index (χ0) is 16.6. The number of hydrogen-bond acceptors (Lipinski definition) is 7. The maximum absolute atomic E-state index is 11.5. The molecular weight excluding hydrogens is 304 g/mol. The zero-order valence-electron chi connectivity index (χ0n) is 12.7. The summed E-state index contributed by atoms with van der Waals surface area (Å²) in [6.45, 7) is 1.53. The lowest BCUT2D eigenvalue weighted by atomic mass is 9.95. The van der Waals surface area contributed by atoms with E-state index in [4.69, 9.17) is 14.2 Å². The average Bonchev–Trinajstić information content (AvgIpc) is 2.50. The van der Waals surface area contributed by atoms with Gasteiger partial charge in [-0.25, -0.2) is 0 Å². The molecule has 0 amide bonds. The lowest BCUT2D eigenvalue weighted by Crippen LogP contribution is -2.51. The minimum absolute atomic E-state index is 0.0743. The topological polar surface area (TPSA) is 105 Å². The molecule has 3 rings (SSSR count). The van der Waals surface area contributed by atoms with E-state index in [9.17, 15) is 20.1 Å². The number of rotatable bonds is 3. The van der Waals surface area contributed by atoms with Crippen LogP contribution in [-0.2, 0) is 9.53 Å². The van der Waals surface area contributed by atoms with Gasteiger partial charge in [-0.15, -0.1) is 0 Å². The first kappa shape index (κ1) is 16.2. The number of carbonyl (C=O) groups excluding carboxylic acids is 1. The molecule has 0 aliphatic carbocycles. The summed E-state index contributed by atoms with van der Waals surface area (Å²) in [5.74, 6) is 0.689. The fourth-order valence-corrected chi connectivity index (χ4v) is 2.90. The molecule has 5 atom stereocenters. The quantitative estimate of drug-likeness (QED) is 0.543. The molecule has 1 aromatic rings. The van der Waals surface area contributed by atoms with Gasteiger partial charge in [-0.05, 0) is 17.5 Å². The van der Waals surface area contributed by atoms with Crippen LogP contribution in [-0.4, -0.2) is 52.5 Å². The van der Waals surface area contributed by atoms with E-state index >= 15 is 0 Å². The summed E-state index contributed by atoms with van der Waals surface area (Å²) >= 11 is 0. The highest BCUT2D eigenvalue weighted by Gasteiger charge is 2.37. The zero-order valence-corrected chi connectivity index (χ0v) is 12.7. The smallest absolute Gasteiger partial charge is 0.311 e. The Bertz CT molecular complexity index is 588. The van der Waals surface area contributed by atoms with Gasteiger partial charge in [0.2, 0.25) is 6.29 Å². The third-order valence-corrected chi connectivity index (χ3v) is 4.20. The van der Waals surface area contributed by atoms with Gasteiger partial charge in [0.05, 0.1) is 19.1 Å². The predicted octanol–water partition coefficient (Wildman–Crippen LogP) is 0.307. The fourth-order valence-electron chi connectivity index (χ4n) is 2.90. The van der Waals surface area contributed by atoms with Gasteiger partial charge in [-0.3, -0.25) is 4.79 Å². The second-order valence-electron chi connectivity index (χ2n) is 5.98. The maximum Gasteiger partial charge on any atom is 0.311 e. The number of esters is 1. The minimum atomic E-state index is -1.15. The Kier molecular flexibility index (Phi) is 4.54. The molecule has 1 aromatic carbocycles. The first-order valence-corrected chi connectivity index (χ1v) is 7.61. The highest BCUT2D eigenvalue weighted by molar-refractivity contribution is 5.76. The Morgan fingerprint density at radius 3 is 2.87 bits per heavy atom. The molecule has 2 aliphatic rings. The van der Waals surface area contributed by atoms with Crippen molar-refractivity contribution in [2.24, 2.45) is 0 Å². The standard InChI is InChI=1S/C16H20O7/c1-8-4-14(19)22-12-5-9(2-3-10(8)12)21-15-6-11(18)16(20)13(7-17)23-15/h2-3,5,8,11,13,15-18,20H,4,6-7H2,1H3. The molecule has 1 fully saturated rings. The van der Waals surface area contributed by atoms with Crippen LogP contribution in [0.2, 0.25) is 0 Å². The molecule has 0 bridgehead atoms. The molecule has 2 heterocycles. The van der Waals surface area contributed by atoms with E-state index in [1.54, 1.807) is 12.1 Å². The Balaban J connectivity index is 1.73. The SMILES string of the molecule is CC1CC(=O)Oc2cc(OC3CC(O)C(O)C(CO)O3)ccc21. The Labute approximate surface area is 133 Å². The molecule has 1 saturated heterocycles. The molecule has 7 heteroatoms. The Morgan fingerprint density at radius 2 is 2.13 bits per heavy atom. The largest absolute Gasteiger partial charge is 0.465 e. The highest BCUT2D eigenvalue weighted by Crippen LogP contribution is 2.37. The van der Waals surface area contributed by atoms with Crippen LogP contribution in [0.1, 0.15) is 31.2 Å². The van der Waals surface area contributed by atoms with E-state index in [0.717, 1.165) is 5.56 Å². The van der Waals surface area contributed by atoms with E-state index in [1.165, 1.54) is 0 Å². The van der Waals surface area contributed by atoms with Gasteiger partial charge in [0.1, 0.15) is 23.7 Å². The summed E-state index contributed by atoms with van der Waals surface area (Å²) in [7, 11) is 0. The number of benzene rings is 1. The van der Waals surface area contributed by atoms with Crippen LogP contribution in [0.5, 0.6) is 11.5 Å². The summed E-state index contributed by atoms with van der Waals surface area (Å²) in [5.41, 5.74) is 0.935. The third-order valence-electron chi connectivity index (χ3n) is 4.20. The number of carbonyl (C=O) groups is 1. The van der Waals surface area contributed by atoms with Crippen molar-refractivity contribution in [2.45, 2.75) is 50.3 Å². The monoisotopic (exact) mass is 324 g/mol. The van der Waals surface area contributed by atoms with Gasteiger partial charge in [0.15, 0.2) is 0 Å². The van der Waals surface area contributed by atoms with Crippen LogP contribution in [0.25, 0.3) is 0 Å². The van der Waals surface area contributed by atoms with Gasteiger partial charge in [0.25, 0.3) is 0 Å². The first-order chi connectivity index (χ1) is 11.0. The van der Waals surface area contributed by atoms with Crippen molar-refractivity contribution in [1.29, 1.82) is 0 Å². The van der Waals surface area contributed by atoms with Crippen molar-refractivity contribution in [3.05, 3.63) is 23.8 Å². The van der Waals surface area contributed by atoms with Crippen LogP contribution < -0.4 is 9.47 Å². The van der Waals surface area contributed by atoms with Crippen LogP contribution in [0.4, 0.5) is 0 Å². The maximum atomic E-state index is 11.5. The average molecular weight is 324 g/mol. The summed E-state index contributed by atoms with van der Waals surface area (Å²) in [4.78, 5) is 11.5. The number of hydrogen-bond donors (Lipinski definition) is 3. The van der Waals surface area contributed by atoms with Gasteiger partial charge in [0, 0.05) is 12.5 Å². The molecule has 0 spiro atoms. The van der Waals surface area contributed by atoms with E-state index in [1.807, 2.05) is 13.0 Å². The molecule has 0 aromatic heterocycles. The molecule has 23 heavy (non-hydrogen) atoms. The van der Waals surface area contributed by atoms with Gasteiger partial charge in [-0.1, -0.05) is 13.0 Å². The van der Waals surface area contributed by atoms with E-state index in [0.29, 0.717) is 17.9 Å². The van der Waals surface area contributed by atoms with Crippen molar-refractivity contribution >= 4 is 5.97 Å². The highest BCUT2D eigenvalue weighted by atomic mass is 16.7. The number of ether oxygens (including phenoxy) is 3. The molecule has 7 nitrogen and oxygen atoms in total. The van der Waals surface area contributed by atoms with Crippen LogP contribution in [0.15, 0.2) is 18.2 Å². The third kappa shape index (κ3) is 3.32. The van der Waals surface area contributed by atoms with Crippen molar-refractivity contribution in [3.63, 3.8) is 0 Å². The van der Waals surface area contributed by atoms with E-state index < -0.39 is 31.2 Å². The van der Waals surface area contributed by atoms with Crippen molar-refractivity contribution in [3.8, 4) is 11.5 Å². The van der Waals surface area contributed by atoms with Crippen LogP contribution in [0.3, 0.4) is 0 Å². The van der Waals surface area contributed by atoms with Crippen molar-refractivity contribution in [1.82, 2.24) is 0 Å². The molecule has 3 N–H and O–H groups in total. The van der Waals surface area contributed by atoms with Gasteiger partial charge >= 0.3 is 5.97 Å². The molecule has 5 unspecified atom stereocenters. The molecular formula is C16H20O7. The number of aliphatic hydroxyl groups excluding tert-OH is 3. The fraction of sp³-hybridized carbons (Fsp3) is 0.562. The van der Waals surface area contributed by atoms with Crippen molar-refractivity contribution in [2.75, 3.05) is 6.61 Å². The number of aliphatic hydroxyl groups is 3. The predicted molar refractivity (Wildman–Crippen MR) is 78.1 cm³/mol. The Hall–Kier alpha value is -1.67. The second kappa shape index (κ2) is 6.45. The van der Waals surface area contributed by atoms with Gasteiger partial charge < -0.3 is 29.5 Å². The molecule has 0 saturated carbocycles. The molecule has 0 radical (unpaired) electrons. The van der Waals surface area contributed by atoms with E-state index in [2.05, 4.69) is 0 Å². The lowest BCUT2D eigenvalue weighted by Gasteiger charge is -2.36. The first-order valence-electron chi connectivity index (χ1n) is 7.61. The Morgan fingerprint density at radius 1 is 1.35 bits per heavy atom. The van der Waals surface area contributed by atoms with Crippen LogP contribution >= 0.6 is 0 Å². The number of fused-ring (bicyclic) bond motifs is 1. The summed E-state index contributed by atoms with van der Waals surface area (Å²) in [6.07, 6.45) is -3.47. The van der Waals surface area contributed by atoms with Gasteiger partial charge in [-0.2, -0.15) is 0 Å². The summed E-state index contributed by atoms with van der Waals surface area (Å²) in [6, 6.07) is 5.18. The summed E-state index contributed by atoms with van der Waals surface area (Å²) in [5, 5.41) is 28.7. The second-order valence-corrected chi connectivity index (χ2v) is 5.98.